The molecule has 4 fully saturated rings. The Morgan fingerprint density at radius 1 is 1.00 bits per heavy atom. The lowest BCUT2D eigenvalue weighted by Gasteiger charge is -2.35. The van der Waals surface area contributed by atoms with Crippen molar-refractivity contribution in [3.05, 3.63) is 0 Å². The van der Waals surface area contributed by atoms with Crippen molar-refractivity contribution in [2.45, 2.75) is 38.2 Å². The third-order valence-electron chi connectivity index (χ3n) is 3.71. The van der Waals surface area contributed by atoms with E-state index in [-0.39, 0.29) is 18.0 Å². The Hall–Kier alpha value is -0.530. The van der Waals surface area contributed by atoms with Gasteiger partial charge in [-0.3, -0.25) is 4.79 Å². The molecular formula is C10H14O2. The van der Waals surface area contributed by atoms with Crippen molar-refractivity contribution < 1.29 is 9.53 Å². The van der Waals surface area contributed by atoms with Gasteiger partial charge in [-0.1, -0.05) is 0 Å². The normalized spacial score (nSPS) is 50.5. The van der Waals surface area contributed by atoms with Crippen LogP contribution in [0.3, 0.4) is 0 Å². The molecule has 4 aliphatic rings. The minimum absolute atomic E-state index is 0.102. The fourth-order valence-electron chi connectivity index (χ4n) is 3.34. The molecule has 0 aromatic rings. The first-order chi connectivity index (χ1) is 5.81. The number of ether oxygens (including phenoxy) is 1. The second-order valence-electron chi connectivity index (χ2n) is 4.67. The van der Waals surface area contributed by atoms with Crippen molar-refractivity contribution in [1.82, 2.24) is 0 Å². The molecule has 2 aliphatic carbocycles. The lowest BCUT2D eigenvalue weighted by Crippen LogP contribution is -2.29. The van der Waals surface area contributed by atoms with Crippen molar-refractivity contribution in [3.8, 4) is 0 Å². The molecule has 0 amide bonds. The lowest BCUT2D eigenvalue weighted by molar-refractivity contribution is -0.151. The third-order valence-corrected chi connectivity index (χ3v) is 3.71. The molecule has 4 rings (SSSR count). The van der Waals surface area contributed by atoms with Gasteiger partial charge in [-0.25, -0.2) is 0 Å². The molecule has 0 aromatic carbocycles. The number of esters is 1. The molecule has 12 heavy (non-hydrogen) atoms. The summed E-state index contributed by atoms with van der Waals surface area (Å²) < 4.78 is 5.40. The molecule has 2 atom stereocenters. The minimum atomic E-state index is 0.102. The van der Waals surface area contributed by atoms with Crippen LogP contribution in [0.1, 0.15) is 32.1 Å². The van der Waals surface area contributed by atoms with Gasteiger partial charge in [0.15, 0.2) is 0 Å². The van der Waals surface area contributed by atoms with E-state index in [9.17, 15) is 4.79 Å². The maximum absolute atomic E-state index is 11.4. The van der Waals surface area contributed by atoms with Gasteiger partial charge in [0.2, 0.25) is 0 Å². The summed E-state index contributed by atoms with van der Waals surface area (Å²) in [6.45, 7) is 0. The van der Waals surface area contributed by atoms with E-state index in [4.69, 9.17) is 4.74 Å². The molecule has 4 bridgehead atoms. The van der Waals surface area contributed by atoms with Crippen molar-refractivity contribution in [1.29, 1.82) is 0 Å². The van der Waals surface area contributed by atoms with Gasteiger partial charge in [0.25, 0.3) is 0 Å². The van der Waals surface area contributed by atoms with Crippen LogP contribution in [0, 0.1) is 17.8 Å². The molecule has 0 aromatic heterocycles. The molecule has 2 saturated carbocycles. The fraction of sp³-hybridized carbons (Fsp3) is 0.900. The highest BCUT2D eigenvalue weighted by atomic mass is 16.5. The summed E-state index contributed by atoms with van der Waals surface area (Å²) in [7, 11) is 0. The number of hydrogen-bond donors (Lipinski definition) is 0. The van der Waals surface area contributed by atoms with Crippen molar-refractivity contribution >= 4 is 5.97 Å². The van der Waals surface area contributed by atoms with E-state index in [1.807, 2.05) is 0 Å². The molecule has 0 radical (unpaired) electrons. The van der Waals surface area contributed by atoms with Gasteiger partial charge in [-0.15, -0.1) is 0 Å². The van der Waals surface area contributed by atoms with Crippen LogP contribution in [0.4, 0.5) is 0 Å². The Labute approximate surface area is 72.3 Å². The molecule has 66 valence electrons. The number of fused-ring (bicyclic) bond motifs is 1. The first kappa shape index (κ1) is 6.93. The second-order valence-corrected chi connectivity index (χ2v) is 4.67. The lowest BCUT2D eigenvalue weighted by atomic mass is 9.68. The number of carbonyl (C=O) groups is 1. The van der Waals surface area contributed by atoms with Crippen molar-refractivity contribution in [3.63, 3.8) is 0 Å². The highest BCUT2D eigenvalue weighted by molar-refractivity contribution is 5.73. The largest absolute Gasteiger partial charge is 0.462 e. The smallest absolute Gasteiger partial charge is 0.309 e. The Kier molecular flexibility index (Phi) is 1.29. The Morgan fingerprint density at radius 2 is 1.67 bits per heavy atom. The Balaban J connectivity index is 1.95. The summed E-state index contributed by atoms with van der Waals surface area (Å²) in [4.78, 5) is 11.4. The molecule has 0 spiro atoms. The van der Waals surface area contributed by atoms with Crippen LogP contribution in [0.2, 0.25) is 0 Å². The molecule has 2 heteroatoms. The predicted molar refractivity (Wildman–Crippen MR) is 43.4 cm³/mol. The predicted octanol–water partition coefficient (Wildman–Crippen LogP) is 1.74. The van der Waals surface area contributed by atoms with Gasteiger partial charge in [-0.05, 0) is 43.9 Å². The maximum Gasteiger partial charge on any atom is 0.309 e. The first-order valence-electron chi connectivity index (χ1n) is 5.02. The molecule has 0 N–H and O–H groups in total. The average Bonchev–Trinajstić information content (AvgIpc) is 2.16. The van der Waals surface area contributed by atoms with Crippen LogP contribution >= 0.6 is 0 Å². The van der Waals surface area contributed by atoms with E-state index in [1.54, 1.807) is 0 Å². The minimum Gasteiger partial charge on any atom is -0.462 e. The van der Waals surface area contributed by atoms with Gasteiger partial charge in [0.05, 0.1) is 5.92 Å². The van der Waals surface area contributed by atoms with E-state index in [0.29, 0.717) is 0 Å². The average molecular weight is 166 g/mol. The molecule has 2 heterocycles. The monoisotopic (exact) mass is 166 g/mol. The van der Waals surface area contributed by atoms with Crippen LogP contribution in [0.5, 0.6) is 0 Å². The summed E-state index contributed by atoms with van der Waals surface area (Å²) in [6, 6.07) is 0. The van der Waals surface area contributed by atoms with Crippen molar-refractivity contribution in [2.24, 2.45) is 17.8 Å². The summed E-state index contributed by atoms with van der Waals surface area (Å²) >= 11 is 0. The van der Waals surface area contributed by atoms with E-state index in [1.165, 1.54) is 6.42 Å². The zero-order valence-electron chi connectivity index (χ0n) is 7.16. The number of rotatable bonds is 0. The van der Waals surface area contributed by atoms with Gasteiger partial charge < -0.3 is 4.74 Å². The van der Waals surface area contributed by atoms with Crippen LogP contribution in [-0.4, -0.2) is 12.1 Å². The van der Waals surface area contributed by atoms with E-state index in [2.05, 4.69) is 0 Å². The van der Waals surface area contributed by atoms with Gasteiger partial charge in [0.1, 0.15) is 6.10 Å². The highest BCUT2D eigenvalue weighted by Crippen LogP contribution is 2.46. The Morgan fingerprint density at radius 3 is 2.33 bits per heavy atom. The van der Waals surface area contributed by atoms with Crippen LogP contribution in [0.15, 0.2) is 0 Å². The van der Waals surface area contributed by atoms with Crippen LogP contribution < -0.4 is 0 Å². The molecule has 2 nitrogen and oxygen atoms in total. The SMILES string of the molecule is O=C1O[C@H]2CC3CC(C2)C[C@H]1C3. The third kappa shape index (κ3) is 0.900. The maximum atomic E-state index is 11.4. The van der Waals surface area contributed by atoms with Gasteiger partial charge in [0, 0.05) is 0 Å². The number of hydrogen-bond acceptors (Lipinski definition) is 2. The topological polar surface area (TPSA) is 26.3 Å². The Bertz CT molecular complexity index is 210. The van der Waals surface area contributed by atoms with E-state index >= 15 is 0 Å². The van der Waals surface area contributed by atoms with Crippen molar-refractivity contribution in [2.75, 3.05) is 0 Å². The standard InChI is InChI=1S/C10H14O2/c11-10-8-2-6-1-7(3-8)5-9(4-6)12-10/h6-9H,1-5H2/t6?,7?,8-,9+. The van der Waals surface area contributed by atoms with Crippen LogP contribution in [-0.2, 0) is 9.53 Å². The summed E-state index contributed by atoms with van der Waals surface area (Å²) in [6.07, 6.45) is 6.19. The molecule has 2 aliphatic heterocycles. The molecule has 2 unspecified atom stereocenters. The van der Waals surface area contributed by atoms with Gasteiger partial charge >= 0.3 is 5.97 Å². The van der Waals surface area contributed by atoms with Gasteiger partial charge in [-0.2, -0.15) is 0 Å². The summed E-state index contributed by atoms with van der Waals surface area (Å²) in [5, 5.41) is 0. The summed E-state index contributed by atoms with van der Waals surface area (Å²) in [5.41, 5.74) is 0. The van der Waals surface area contributed by atoms with E-state index < -0.39 is 0 Å². The first-order valence-corrected chi connectivity index (χ1v) is 5.02. The molecular weight excluding hydrogens is 152 g/mol. The zero-order valence-corrected chi connectivity index (χ0v) is 7.16. The summed E-state index contributed by atoms with van der Waals surface area (Å²) in [5.74, 6) is 1.98. The number of carbonyl (C=O) groups excluding carboxylic acids is 1. The van der Waals surface area contributed by atoms with Crippen LogP contribution in [0.25, 0.3) is 0 Å². The fourth-order valence-corrected chi connectivity index (χ4v) is 3.34. The van der Waals surface area contributed by atoms with E-state index in [0.717, 1.165) is 37.5 Å². The highest BCUT2D eigenvalue weighted by Gasteiger charge is 2.44. The molecule has 2 saturated heterocycles. The second kappa shape index (κ2) is 2.24. The quantitative estimate of drug-likeness (QED) is 0.512. The zero-order chi connectivity index (χ0) is 8.13.